The fraction of sp³-hybridized carbons (Fsp3) is 0.222. The molecular weight excluding hydrogens is 237 g/mol. The molecule has 0 aliphatic heterocycles. The summed E-state index contributed by atoms with van der Waals surface area (Å²) >= 11 is 0. The van der Waals surface area contributed by atoms with E-state index in [-0.39, 0.29) is 12.0 Å². The van der Waals surface area contributed by atoms with Crippen molar-refractivity contribution in [3.8, 4) is 17.9 Å². The van der Waals surface area contributed by atoms with E-state index < -0.39 is 23.5 Å². The largest absolute Gasteiger partial charge is 0.573 e. The van der Waals surface area contributed by atoms with Gasteiger partial charge in [0.15, 0.2) is 11.4 Å². The molecule has 0 bridgehead atoms. The SMILES string of the molecule is N#CCc1cnc(C#N)c(OC(F)(F)F)c1N. The first-order valence-electron chi connectivity index (χ1n) is 4.19. The van der Waals surface area contributed by atoms with Crippen LogP contribution in [0.2, 0.25) is 0 Å². The highest BCUT2D eigenvalue weighted by molar-refractivity contribution is 5.63. The van der Waals surface area contributed by atoms with Crippen LogP contribution in [-0.4, -0.2) is 11.3 Å². The van der Waals surface area contributed by atoms with Crippen LogP contribution in [-0.2, 0) is 6.42 Å². The molecule has 0 amide bonds. The monoisotopic (exact) mass is 242 g/mol. The van der Waals surface area contributed by atoms with Crippen LogP contribution in [0.4, 0.5) is 18.9 Å². The van der Waals surface area contributed by atoms with Gasteiger partial charge in [-0.2, -0.15) is 10.5 Å². The predicted octanol–water partition coefficient (Wildman–Crippen LogP) is 1.50. The van der Waals surface area contributed by atoms with E-state index in [2.05, 4.69) is 9.72 Å². The molecule has 1 aromatic rings. The number of halogens is 3. The summed E-state index contributed by atoms with van der Waals surface area (Å²) in [5.74, 6) is -0.868. The van der Waals surface area contributed by atoms with Crippen molar-refractivity contribution in [2.24, 2.45) is 0 Å². The standard InChI is InChI=1S/C9H5F3N4O/c10-9(11,12)17-8-6(3-14)16-4-5(1-2-13)7(8)15/h4H,1H2,(H2,15,16). The lowest BCUT2D eigenvalue weighted by Gasteiger charge is -2.13. The van der Waals surface area contributed by atoms with Gasteiger partial charge in [-0.1, -0.05) is 0 Å². The molecule has 0 unspecified atom stereocenters. The van der Waals surface area contributed by atoms with Crippen LogP contribution in [0.25, 0.3) is 0 Å². The summed E-state index contributed by atoms with van der Waals surface area (Å²) in [6.45, 7) is 0. The van der Waals surface area contributed by atoms with Crippen molar-refractivity contribution in [2.45, 2.75) is 12.8 Å². The van der Waals surface area contributed by atoms with Crippen LogP contribution in [0, 0.1) is 22.7 Å². The van der Waals surface area contributed by atoms with E-state index in [1.807, 2.05) is 0 Å². The van der Waals surface area contributed by atoms with Crippen molar-refractivity contribution in [1.82, 2.24) is 4.98 Å². The summed E-state index contributed by atoms with van der Waals surface area (Å²) in [6.07, 6.45) is -4.13. The molecule has 1 heterocycles. The first-order valence-corrected chi connectivity index (χ1v) is 4.19. The summed E-state index contributed by atoms with van der Waals surface area (Å²) < 4.78 is 39.8. The molecular formula is C9H5F3N4O. The lowest BCUT2D eigenvalue weighted by molar-refractivity contribution is -0.274. The molecule has 0 spiro atoms. The Bertz CT molecular complexity index is 513. The smallest absolute Gasteiger partial charge is 0.400 e. The number of nitriles is 2. The second kappa shape index (κ2) is 4.58. The molecule has 1 aromatic heterocycles. The first kappa shape index (κ1) is 12.6. The number of nitrogen functional groups attached to an aromatic ring is 1. The number of rotatable bonds is 2. The van der Waals surface area contributed by atoms with Gasteiger partial charge < -0.3 is 10.5 Å². The van der Waals surface area contributed by atoms with Gasteiger partial charge in [-0.15, -0.1) is 13.2 Å². The van der Waals surface area contributed by atoms with Gasteiger partial charge in [0.05, 0.1) is 18.2 Å². The molecule has 88 valence electrons. The van der Waals surface area contributed by atoms with Gasteiger partial charge in [-0.05, 0) is 0 Å². The highest BCUT2D eigenvalue weighted by Crippen LogP contribution is 2.32. The molecule has 0 radical (unpaired) electrons. The molecule has 0 aliphatic carbocycles. The maximum Gasteiger partial charge on any atom is 0.573 e. The third kappa shape index (κ3) is 2.98. The summed E-state index contributed by atoms with van der Waals surface area (Å²) in [4.78, 5) is 3.44. The van der Waals surface area contributed by atoms with Gasteiger partial charge in [0.25, 0.3) is 0 Å². The lowest BCUT2D eigenvalue weighted by Crippen LogP contribution is -2.19. The summed E-state index contributed by atoms with van der Waals surface area (Å²) in [5.41, 5.74) is 4.47. The molecule has 0 aromatic carbocycles. The predicted molar refractivity (Wildman–Crippen MR) is 49.4 cm³/mol. The number of ether oxygens (including phenoxy) is 1. The van der Waals surface area contributed by atoms with Gasteiger partial charge in [0.1, 0.15) is 6.07 Å². The molecule has 1 rings (SSSR count). The Balaban J connectivity index is 3.30. The second-order valence-electron chi connectivity index (χ2n) is 2.87. The zero-order chi connectivity index (χ0) is 13.1. The molecule has 5 nitrogen and oxygen atoms in total. The van der Waals surface area contributed by atoms with E-state index in [1.54, 1.807) is 6.07 Å². The third-order valence-electron chi connectivity index (χ3n) is 1.75. The molecule has 2 N–H and O–H groups in total. The topological polar surface area (TPSA) is 95.7 Å². The highest BCUT2D eigenvalue weighted by atomic mass is 19.4. The van der Waals surface area contributed by atoms with E-state index in [0.29, 0.717) is 0 Å². The Morgan fingerprint density at radius 2 is 2.06 bits per heavy atom. The summed E-state index contributed by atoms with van der Waals surface area (Å²) in [6, 6.07) is 3.14. The number of pyridine rings is 1. The Hall–Kier alpha value is -2.48. The number of nitrogens with zero attached hydrogens (tertiary/aromatic N) is 3. The first-order chi connectivity index (χ1) is 7.89. The molecule has 0 atom stereocenters. The maximum atomic E-state index is 12.1. The summed E-state index contributed by atoms with van der Waals surface area (Å²) in [5, 5.41) is 17.0. The Morgan fingerprint density at radius 3 is 2.53 bits per heavy atom. The molecule has 8 heteroatoms. The lowest BCUT2D eigenvalue weighted by atomic mass is 10.1. The highest BCUT2D eigenvalue weighted by Gasteiger charge is 2.34. The van der Waals surface area contributed by atoms with Gasteiger partial charge in [0, 0.05) is 11.8 Å². The molecule has 0 aliphatic rings. The average Bonchev–Trinajstić information content (AvgIpc) is 2.23. The molecule has 0 fully saturated rings. The normalized spacial score (nSPS) is 10.4. The van der Waals surface area contributed by atoms with Gasteiger partial charge in [-0.3, -0.25) is 0 Å². The second-order valence-corrected chi connectivity index (χ2v) is 2.87. The van der Waals surface area contributed by atoms with E-state index in [0.717, 1.165) is 6.20 Å². The molecule has 17 heavy (non-hydrogen) atoms. The Kier molecular flexibility index (Phi) is 3.39. The van der Waals surface area contributed by atoms with Crippen molar-refractivity contribution >= 4 is 5.69 Å². The van der Waals surface area contributed by atoms with E-state index in [1.165, 1.54) is 6.07 Å². The van der Waals surface area contributed by atoms with Crippen LogP contribution in [0.5, 0.6) is 5.75 Å². The quantitative estimate of drug-likeness (QED) is 0.847. The van der Waals surface area contributed by atoms with Gasteiger partial charge in [0.2, 0.25) is 0 Å². The van der Waals surface area contributed by atoms with E-state index in [4.69, 9.17) is 16.3 Å². The van der Waals surface area contributed by atoms with Crippen molar-refractivity contribution in [3.63, 3.8) is 0 Å². The minimum Gasteiger partial charge on any atom is -0.400 e. The van der Waals surface area contributed by atoms with Crippen LogP contribution in [0.3, 0.4) is 0 Å². The van der Waals surface area contributed by atoms with Crippen molar-refractivity contribution < 1.29 is 17.9 Å². The van der Waals surface area contributed by atoms with Crippen LogP contribution in [0.1, 0.15) is 11.3 Å². The van der Waals surface area contributed by atoms with Crippen LogP contribution >= 0.6 is 0 Å². The van der Waals surface area contributed by atoms with Crippen LogP contribution in [0.15, 0.2) is 6.20 Å². The number of anilines is 1. The van der Waals surface area contributed by atoms with E-state index >= 15 is 0 Å². The maximum absolute atomic E-state index is 12.1. The summed E-state index contributed by atoms with van der Waals surface area (Å²) in [7, 11) is 0. The minimum absolute atomic E-state index is 0.0748. The number of aromatic nitrogens is 1. The Labute approximate surface area is 93.8 Å². The van der Waals surface area contributed by atoms with Crippen molar-refractivity contribution in [1.29, 1.82) is 10.5 Å². The number of hydrogen-bond donors (Lipinski definition) is 1. The van der Waals surface area contributed by atoms with Gasteiger partial charge in [-0.25, -0.2) is 4.98 Å². The zero-order valence-corrected chi connectivity index (χ0v) is 8.25. The average molecular weight is 242 g/mol. The number of nitrogens with two attached hydrogens (primary N) is 1. The fourth-order valence-corrected chi connectivity index (χ4v) is 1.07. The Morgan fingerprint density at radius 1 is 1.41 bits per heavy atom. The molecule has 0 saturated carbocycles. The van der Waals surface area contributed by atoms with Crippen molar-refractivity contribution in [3.05, 3.63) is 17.5 Å². The van der Waals surface area contributed by atoms with E-state index in [9.17, 15) is 13.2 Å². The minimum atomic E-state index is -4.98. The zero-order valence-electron chi connectivity index (χ0n) is 8.25. The van der Waals surface area contributed by atoms with Crippen molar-refractivity contribution in [2.75, 3.05) is 5.73 Å². The number of hydrogen-bond acceptors (Lipinski definition) is 5. The van der Waals surface area contributed by atoms with Gasteiger partial charge >= 0.3 is 6.36 Å². The fourth-order valence-electron chi connectivity index (χ4n) is 1.07. The van der Waals surface area contributed by atoms with Crippen LogP contribution < -0.4 is 10.5 Å². The molecule has 0 saturated heterocycles. The number of alkyl halides is 3. The third-order valence-corrected chi connectivity index (χ3v) is 1.75.